The molecule has 3 rings (SSSR count). The number of hydrogen-bond donors (Lipinski definition) is 2. The van der Waals surface area contributed by atoms with Crippen molar-refractivity contribution in [2.75, 3.05) is 26.3 Å². The maximum absolute atomic E-state index is 12.7. The minimum Gasteiger partial charge on any atom is -0.508 e. The fraction of sp³-hybridized carbons (Fsp3) is 0.222. The fourth-order valence-corrected chi connectivity index (χ4v) is 3.98. The van der Waals surface area contributed by atoms with Crippen molar-refractivity contribution < 1.29 is 23.1 Å². The van der Waals surface area contributed by atoms with E-state index in [0.29, 0.717) is 18.8 Å². The molecule has 0 aliphatic carbocycles. The third-order valence-corrected chi connectivity index (χ3v) is 5.87. The molecule has 2 aromatic carbocycles. The molecule has 27 heavy (non-hydrogen) atoms. The van der Waals surface area contributed by atoms with Crippen LogP contribution >= 0.6 is 0 Å². The Morgan fingerprint density at radius 3 is 2.56 bits per heavy atom. The van der Waals surface area contributed by atoms with Crippen molar-refractivity contribution in [1.29, 1.82) is 0 Å². The zero-order valence-electron chi connectivity index (χ0n) is 14.4. The summed E-state index contributed by atoms with van der Waals surface area (Å²) in [6.45, 7) is 1.28. The van der Waals surface area contributed by atoms with Gasteiger partial charge >= 0.3 is 0 Å². The predicted octanol–water partition coefficient (Wildman–Crippen LogP) is 1.18. The Labute approximate surface area is 157 Å². The van der Waals surface area contributed by atoms with Crippen LogP contribution in [0.5, 0.6) is 5.75 Å². The molecular formula is C18H19N3O5S. The first kappa shape index (κ1) is 19.0. The Morgan fingerprint density at radius 1 is 1.15 bits per heavy atom. The Hall–Kier alpha value is -2.75. The summed E-state index contributed by atoms with van der Waals surface area (Å²) < 4.78 is 31.9. The molecule has 0 atom stereocenters. The molecule has 9 heteroatoms. The third kappa shape index (κ3) is 4.70. The fourth-order valence-electron chi connectivity index (χ4n) is 2.52. The van der Waals surface area contributed by atoms with Crippen molar-refractivity contribution in [1.82, 2.24) is 9.73 Å². The zero-order valence-corrected chi connectivity index (χ0v) is 15.2. The van der Waals surface area contributed by atoms with E-state index < -0.39 is 15.9 Å². The number of benzene rings is 2. The number of hydrogen-bond acceptors (Lipinski definition) is 6. The van der Waals surface area contributed by atoms with Gasteiger partial charge in [0.1, 0.15) is 5.75 Å². The van der Waals surface area contributed by atoms with Gasteiger partial charge in [0.2, 0.25) is 10.0 Å². The molecule has 0 spiro atoms. The van der Waals surface area contributed by atoms with Gasteiger partial charge in [0, 0.05) is 18.7 Å². The summed E-state index contributed by atoms with van der Waals surface area (Å²) in [6, 6.07) is 12.1. The van der Waals surface area contributed by atoms with Gasteiger partial charge in [-0.2, -0.15) is 9.41 Å². The first-order chi connectivity index (χ1) is 13.0. The van der Waals surface area contributed by atoms with Gasteiger partial charge in [0.15, 0.2) is 0 Å². The van der Waals surface area contributed by atoms with Crippen molar-refractivity contribution in [3.05, 3.63) is 59.7 Å². The summed E-state index contributed by atoms with van der Waals surface area (Å²) in [6.07, 6.45) is 1.42. The van der Waals surface area contributed by atoms with Crippen LogP contribution in [0.4, 0.5) is 0 Å². The number of nitrogens with zero attached hydrogens (tertiary/aromatic N) is 2. The van der Waals surface area contributed by atoms with Crippen LogP contribution in [0.1, 0.15) is 15.9 Å². The molecule has 1 fully saturated rings. The monoisotopic (exact) mass is 389 g/mol. The number of sulfonamides is 1. The lowest BCUT2D eigenvalue weighted by Gasteiger charge is -2.26. The van der Waals surface area contributed by atoms with E-state index in [1.165, 1.54) is 46.9 Å². The average molecular weight is 389 g/mol. The Bertz CT molecular complexity index is 936. The van der Waals surface area contributed by atoms with Gasteiger partial charge in [-0.25, -0.2) is 13.8 Å². The number of amides is 1. The van der Waals surface area contributed by atoms with E-state index in [-0.39, 0.29) is 29.3 Å². The highest BCUT2D eigenvalue weighted by atomic mass is 32.2. The van der Waals surface area contributed by atoms with Crippen molar-refractivity contribution in [3.8, 4) is 5.75 Å². The highest BCUT2D eigenvalue weighted by Crippen LogP contribution is 2.18. The van der Waals surface area contributed by atoms with Gasteiger partial charge in [-0.05, 0) is 48.0 Å². The molecule has 1 aliphatic heterocycles. The summed E-state index contributed by atoms with van der Waals surface area (Å²) in [7, 11) is -3.67. The highest BCUT2D eigenvalue weighted by Gasteiger charge is 2.26. The number of morpholine rings is 1. The predicted molar refractivity (Wildman–Crippen MR) is 99.2 cm³/mol. The lowest BCUT2D eigenvalue weighted by atomic mass is 10.2. The first-order valence-electron chi connectivity index (χ1n) is 8.27. The standard InChI is InChI=1S/C18H19N3O5S/c22-16-6-4-14(5-7-16)13-19-20-18(23)15-2-1-3-17(12-15)27(24,25)21-8-10-26-11-9-21/h1-7,12-13,22H,8-11H2,(H,20,23). The van der Waals surface area contributed by atoms with Crippen molar-refractivity contribution in [2.45, 2.75) is 4.90 Å². The molecule has 1 heterocycles. The third-order valence-electron chi connectivity index (χ3n) is 3.98. The van der Waals surface area contributed by atoms with E-state index in [1.54, 1.807) is 12.1 Å². The molecule has 1 saturated heterocycles. The van der Waals surface area contributed by atoms with Crippen LogP contribution in [-0.2, 0) is 14.8 Å². The van der Waals surface area contributed by atoms with Crippen LogP contribution in [0, 0.1) is 0 Å². The number of nitrogens with one attached hydrogen (secondary N) is 1. The quantitative estimate of drug-likeness (QED) is 0.590. The number of rotatable bonds is 5. The maximum Gasteiger partial charge on any atom is 0.271 e. The molecule has 1 amide bonds. The summed E-state index contributed by atoms with van der Waals surface area (Å²) >= 11 is 0. The second-order valence-electron chi connectivity index (χ2n) is 5.83. The SMILES string of the molecule is O=C(NN=Cc1ccc(O)cc1)c1cccc(S(=O)(=O)N2CCOCC2)c1. The number of phenolic OH excluding ortho intramolecular Hbond substituents is 1. The van der Waals surface area contributed by atoms with E-state index in [4.69, 9.17) is 4.74 Å². The van der Waals surface area contributed by atoms with Gasteiger partial charge < -0.3 is 9.84 Å². The van der Waals surface area contributed by atoms with Crippen molar-refractivity contribution in [2.24, 2.45) is 5.10 Å². The van der Waals surface area contributed by atoms with Gasteiger partial charge in [-0.3, -0.25) is 4.79 Å². The lowest BCUT2D eigenvalue weighted by molar-refractivity contribution is 0.0730. The van der Waals surface area contributed by atoms with E-state index in [2.05, 4.69) is 10.5 Å². The number of carbonyl (C=O) groups excluding carboxylic acids is 1. The Kier molecular flexibility index (Phi) is 5.84. The lowest BCUT2D eigenvalue weighted by Crippen LogP contribution is -2.40. The van der Waals surface area contributed by atoms with Crippen LogP contribution in [0.25, 0.3) is 0 Å². The van der Waals surface area contributed by atoms with Crippen LogP contribution in [0.3, 0.4) is 0 Å². The minimum absolute atomic E-state index is 0.0552. The number of hydrazone groups is 1. The molecule has 1 aliphatic rings. The Balaban J connectivity index is 1.70. The van der Waals surface area contributed by atoms with E-state index >= 15 is 0 Å². The van der Waals surface area contributed by atoms with Crippen LogP contribution in [0.15, 0.2) is 58.5 Å². The molecule has 142 valence electrons. The molecule has 2 aromatic rings. The Morgan fingerprint density at radius 2 is 1.85 bits per heavy atom. The van der Waals surface area contributed by atoms with E-state index in [0.717, 1.165) is 0 Å². The largest absolute Gasteiger partial charge is 0.508 e. The molecule has 8 nitrogen and oxygen atoms in total. The number of ether oxygens (including phenoxy) is 1. The number of phenols is 1. The van der Waals surface area contributed by atoms with Crippen LogP contribution in [-0.4, -0.2) is 56.3 Å². The summed E-state index contributed by atoms with van der Waals surface area (Å²) in [5.74, 6) is -0.390. The topological polar surface area (TPSA) is 108 Å². The molecule has 0 unspecified atom stereocenters. The molecule has 0 aromatic heterocycles. The van der Waals surface area contributed by atoms with Gasteiger partial charge in [-0.1, -0.05) is 6.07 Å². The second kappa shape index (κ2) is 8.30. The zero-order chi connectivity index (χ0) is 19.3. The van der Waals surface area contributed by atoms with Crippen molar-refractivity contribution in [3.63, 3.8) is 0 Å². The summed E-state index contributed by atoms with van der Waals surface area (Å²) in [4.78, 5) is 12.3. The maximum atomic E-state index is 12.7. The molecule has 0 bridgehead atoms. The van der Waals surface area contributed by atoms with Gasteiger partial charge in [-0.15, -0.1) is 0 Å². The van der Waals surface area contributed by atoms with Crippen LogP contribution in [0.2, 0.25) is 0 Å². The van der Waals surface area contributed by atoms with Crippen molar-refractivity contribution >= 4 is 22.1 Å². The van der Waals surface area contributed by atoms with Gasteiger partial charge in [0.05, 0.1) is 24.3 Å². The highest BCUT2D eigenvalue weighted by molar-refractivity contribution is 7.89. The molecule has 0 saturated carbocycles. The molecule has 0 radical (unpaired) electrons. The van der Waals surface area contributed by atoms with E-state index in [1.807, 2.05) is 0 Å². The summed E-state index contributed by atoms with van der Waals surface area (Å²) in [5.41, 5.74) is 3.24. The van der Waals surface area contributed by atoms with Crippen LogP contribution < -0.4 is 5.43 Å². The average Bonchev–Trinajstić information content (AvgIpc) is 2.70. The second-order valence-corrected chi connectivity index (χ2v) is 7.77. The number of aromatic hydroxyl groups is 1. The normalized spacial score (nSPS) is 15.7. The number of carbonyl (C=O) groups is 1. The first-order valence-corrected chi connectivity index (χ1v) is 9.71. The summed E-state index contributed by atoms with van der Waals surface area (Å²) in [5, 5.41) is 13.1. The molecular weight excluding hydrogens is 370 g/mol. The smallest absolute Gasteiger partial charge is 0.271 e. The van der Waals surface area contributed by atoms with E-state index in [9.17, 15) is 18.3 Å². The van der Waals surface area contributed by atoms with Gasteiger partial charge in [0.25, 0.3) is 5.91 Å². The minimum atomic E-state index is -3.67. The molecule has 2 N–H and O–H groups in total.